The summed E-state index contributed by atoms with van der Waals surface area (Å²) >= 11 is 0. The Morgan fingerprint density at radius 1 is 0.862 bits per heavy atom. The number of hydrogen-bond acceptors (Lipinski definition) is 3. The van der Waals surface area contributed by atoms with Gasteiger partial charge in [0.05, 0.1) is 12.7 Å². The molecule has 0 radical (unpaired) electrons. The number of esters is 1. The number of hydrogen-bond donors (Lipinski definition) is 2. The van der Waals surface area contributed by atoms with Crippen LogP contribution in [0.2, 0.25) is 0 Å². The van der Waals surface area contributed by atoms with E-state index in [1.54, 1.807) is 0 Å². The topological polar surface area (TPSA) is 83.8 Å². The lowest BCUT2D eigenvalue weighted by atomic mass is 9.84. The highest BCUT2D eigenvalue weighted by molar-refractivity contribution is 5.91. The van der Waals surface area contributed by atoms with Gasteiger partial charge < -0.3 is 14.9 Å². The normalized spacial score (nSPS) is 11.1. The summed E-state index contributed by atoms with van der Waals surface area (Å²) < 4.78 is 4.99. The molecule has 2 rings (SSSR count). The van der Waals surface area contributed by atoms with Crippen LogP contribution in [0.3, 0.4) is 0 Å². The minimum atomic E-state index is -1.83. The van der Waals surface area contributed by atoms with Crippen LogP contribution < -0.4 is 0 Å². The molecular weight excluding hydrogens is 368 g/mol. The van der Waals surface area contributed by atoms with Gasteiger partial charge in [-0.15, -0.1) is 0 Å². The lowest BCUT2D eigenvalue weighted by molar-refractivity contribution is 0.0599. The first-order chi connectivity index (χ1) is 14.0. The second-order valence-electron chi connectivity index (χ2n) is 6.88. The van der Waals surface area contributed by atoms with Gasteiger partial charge >= 0.3 is 12.1 Å². The van der Waals surface area contributed by atoms with Crippen molar-refractivity contribution in [1.82, 2.24) is 0 Å². The van der Waals surface area contributed by atoms with Gasteiger partial charge in [-0.3, -0.25) is 0 Å². The maximum Gasteiger partial charge on any atom is 0.503 e. The number of benzene rings is 2. The van der Waals surface area contributed by atoms with Crippen LogP contribution in [0, 0.1) is 0 Å². The molecule has 0 aliphatic heterocycles. The molecule has 29 heavy (non-hydrogen) atoms. The third kappa shape index (κ3) is 9.28. The van der Waals surface area contributed by atoms with Crippen LogP contribution in [0.15, 0.2) is 54.6 Å². The summed E-state index contributed by atoms with van der Waals surface area (Å²) in [4.78, 5) is 20.8. The Hall–Kier alpha value is -2.82. The van der Waals surface area contributed by atoms with Crippen molar-refractivity contribution in [2.45, 2.75) is 57.8 Å². The number of rotatable bonds is 10. The largest absolute Gasteiger partial charge is 0.503 e. The number of carbonyl (C=O) groups is 2. The van der Waals surface area contributed by atoms with Crippen molar-refractivity contribution in [3.05, 3.63) is 71.3 Å². The Kier molecular flexibility index (Phi) is 11.9. The molecule has 0 spiro atoms. The molecule has 0 heterocycles. The van der Waals surface area contributed by atoms with Gasteiger partial charge in [0.25, 0.3) is 0 Å². The summed E-state index contributed by atoms with van der Waals surface area (Å²) in [6, 6.07) is 18.4. The van der Waals surface area contributed by atoms with Gasteiger partial charge in [-0.05, 0) is 23.6 Å². The number of unbranched alkanes of at least 4 members (excludes halogenated alkanes) is 5. The molecule has 0 amide bonds. The highest BCUT2D eigenvalue weighted by Crippen LogP contribution is 2.32. The first kappa shape index (κ1) is 24.2. The van der Waals surface area contributed by atoms with E-state index in [9.17, 15) is 4.79 Å². The molecule has 0 bridgehead atoms. The zero-order valence-electron chi connectivity index (χ0n) is 17.3. The van der Waals surface area contributed by atoms with E-state index in [-0.39, 0.29) is 11.9 Å². The summed E-state index contributed by atoms with van der Waals surface area (Å²) in [6.45, 7) is 2.25. The predicted molar refractivity (Wildman–Crippen MR) is 115 cm³/mol. The van der Waals surface area contributed by atoms with Crippen molar-refractivity contribution in [2.75, 3.05) is 7.11 Å². The second-order valence-corrected chi connectivity index (χ2v) is 6.88. The Morgan fingerprint density at radius 3 is 2.03 bits per heavy atom. The van der Waals surface area contributed by atoms with Crippen LogP contribution >= 0.6 is 0 Å². The molecule has 0 saturated heterocycles. The van der Waals surface area contributed by atoms with E-state index in [2.05, 4.69) is 37.3 Å². The minimum absolute atomic E-state index is 0.239. The van der Waals surface area contributed by atoms with Crippen molar-refractivity contribution in [3.8, 4) is 0 Å². The van der Waals surface area contributed by atoms with Crippen molar-refractivity contribution >= 4 is 12.1 Å². The van der Waals surface area contributed by atoms with Crippen molar-refractivity contribution in [2.24, 2.45) is 0 Å². The van der Waals surface area contributed by atoms with Crippen LogP contribution in [0.5, 0.6) is 0 Å². The SMILES string of the molecule is CCCCCCCCC(c1ccccc1)c1ccccc1C(=O)OC.O=C(O)O. The maximum atomic E-state index is 12.2. The van der Waals surface area contributed by atoms with Gasteiger partial charge in [0.2, 0.25) is 0 Å². The zero-order valence-corrected chi connectivity index (χ0v) is 17.3. The average molecular weight is 401 g/mol. The van der Waals surface area contributed by atoms with E-state index < -0.39 is 6.16 Å². The van der Waals surface area contributed by atoms with E-state index >= 15 is 0 Å². The lowest BCUT2D eigenvalue weighted by Crippen LogP contribution is -2.10. The molecule has 0 saturated carbocycles. The molecule has 0 aliphatic carbocycles. The summed E-state index contributed by atoms with van der Waals surface area (Å²) in [5.74, 6) is -0.0119. The molecule has 0 aromatic heterocycles. The van der Waals surface area contributed by atoms with Crippen LogP contribution in [0.1, 0.15) is 79.3 Å². The predicted octanol–water partition coefficient (Wildman–Crippen LogP) is 6.58. The van der Waals surface area contributed by atoms with E-state index in [4.69, 9.17) is 19.7 Å². The smallest absolute Gasteiger partial charge is 0.465 e. The maximum absolute atomic E-state index is 12.2. The first-order valence-electron chi connectivity index (χ1n) is 10.1. The van der Waals surface area contributed by atoms with Crippen LogP contribution in [0.25, 0.3) is 0 Å². The molecule has 2 aromatic rings. The number of methoxy groups -OCH3 is 1. The van der Waals surface area contributed by atoms with Gasteiger partial charge in [0.15, 0.2) is 0 Å². The van der Waals surface area contributed by atoms with Gasteiger partial charge in [-0.1, -0.05) is 94.0 Å². The summed E-state index contributed by atoms with van der Waals surface area (Å²) in [7, 11) is 1.45. The molecule has 5 heteroatoms. The quantitative estimate of drug-likeness (QED) is 0.348. The highest BCUT2D eigenvalue weighted by atomic mass is 16.6. The Bertz CT molecular complexity index is 723. The molecule has 2 aromatic carbocycles. The van der Waals surface area contributed by atoms with E-state index in [1.807, 2.05) is 24.3 Å². The molecule has 0 aliphatic rings. The van der Waals surface area contributed by atoms with E-state index in [0.29, 0.717) is 5.56 Å². The van der Waals surface area contributed by atoms with Crippen LogP contribution in [-0.2, 0) is 4.74 Å². The highest BCUT2D eigenvalue weighted by Gasteiger charge is 2.20. The average Bonchev–Trinajstić information content (AvgIpc) is 2.73. The second kappa shape index (κ2) is 14.2. The van der Waals surface area contributed by atoms with E-state index in [0.717, 1.165) is 12.0 Å². The number of ether oxygens (including phenoxy) is 1. The fraction of sp³-hybridized carbons (Fsp3) is 0.417. The van der Waals surface area contributed by atoms with Gasteiger partial charge in [-0.25, -0.2) is 9.59 Å². The molecule has 2 N–H and O–H groups in total. The molecule has 158 valence electrons. The fourth-order valence-corrected chi connectivity index (χ4v) is 3.41. The third-order valence-electron chi connectivity index (χ3n) is 4.79. The molecule has 1 atom stereocenters. The summed E-state index contributed by atoms with van der Waals surface area (Å²) in [5.41, 5.74) is 3.03. The summed E-state index contributed by atoms with van der Waals surface area (Å²) in [6.07, 6.45) is 6.89. The standard InChI is InChI=1S/C23H30O2.CH2O3/c1-3-4-5-6-7-11-16-20(19-14-9-8-10-15-19)21-17-12-13-18-22(21)23(24)25-2;2-1(3)4/h8-10,12-15,17-18,20H,3-7,11,16H2,1-2H3;(H2,2,3,4). The third-order valence-corrected chi connectivity index (χ3v) is 4.79. The fourth-order valence-electron chi connectivity index (χ4n) is 3.41. The first-order valence-corrected chi connectivity index (χ1v) is 10.1. The van der Waals surface area contributed by atoms with Gasteiger partial charge in [0.1, 0.15) is 0 Å². The van der Waals surface area contributed by atoms with Crippen LogP contribution in [-0.4, -0.2) is 29.4 Å². The molecule has 0 fully saturated rings. The zero-order chi connectivity index (χ0) is 21.5. The van der Waals surface area contributed by atoms with Gasteiger partial charge in [0, 0.05) is 5.92 Å². The molecule has 1 unspecified atom stereocenters. The Labute approximate surface area is 173 Å². The molecule has 5 nitrogen and oxygen atoms in total. The van der Waals surface area contributed by atoms with Crippen LogP contribution in [0.4, 0.5) is 4.79 Å². The van der Waals surface area contributed by atoms with Crippen molar-refractivity contribution < 1.29 is 24.5 Å². The van der Waals surface area contributed by atoms with Crippen molar-refractivity contribution in [1.29, 1.82) is 0 Å². The minimum Gasteiger partial charge on any atom is -0.465 e. The lowest BCUT2D eigenvalue weighted by Gasteiger charge is -2.20. The summed E-state index contributed by atoms with van der Waals surface area (Å²) in [5, 5.41) is 13.9. The number of carboxylic acid groups (broad SMARTS) is 2. The Balaban J connectivity index is 0.000000960. The monoisotopic (exact) mass is 400 g/mol. The van der Waals surface area contributed by atoms with E-state index in [1.165, 1.54) is 51.2 Å². The Morgan fingerprint density at radius 2 is 1.41 bits per heavy atom. The number of carbonyl (C=O) groups excluding carboxylic acids is 1. The molecular formula is C24H32O5. The van der Waals surface area contributed by atoms with Gasteiger partial charge in [-0.2, -0.15) is 0 Å². The van der Waals surface area contributed by atoms with Crippen molar-refractivity contribution in [3.63, 3.8) is 0 Å².